The number of benzene rings is 2. The monoisotopic (exact) mass is 361 g/mol. The topological polar surface area (TPSA) is 42.8 Å². The Morgan fingerprint density at radius 2 is 1.68 bits per heavy atom. The van der Waals surface area contributed by atoms with E-state index in [1.54, 1.807) is 38.1 Å². The molecule has 1 amide bonds. The molecule has 0 atom stereocenters. The summed E-state index contributed by atoms with van der Waals surface area (Å²) in [6, 6.07) is 15.2. The molecule has 5 heteroatoms. The molecule has 0 heterocycles. The highest BCUT2D eigenvalue weighted by Gasteiger charge is 2.29. The van der Waals surface area contributed by atoms with Gasteiger partial charge in [0.25, 0.3) is 5.91 Å². The number of quaternary nitrogens is 1. The smallest absolute Gasteiger partial charge is 0.263 e. The minimum atomic E-state index is -0.977. The van der Waals surface area contributed by atoms with Crippen molar-refractivity contribution in [3.63, 3.8) is 0 Å². The zero-order valence-corrected chi connectivity index (χ0v) is 16.0. The standard InChI is InChI=1S/C20H25ClN2O2/c1-20(2,25-18-11-9-17(21)10-12-18)19(24)22-13-15-7-5-6-8-16(15)14-23(3)4/h5-12H,13-14H2,1-4H3,(H,22,24)/p+1. The van der Waals surface area contributed by atoms with Crippen LogP contribution in [0.4, 0.5) is 0 Å². The third kappa shape index (κ3) is 5.76. The van der Waals surface area contributed by atoms with Crippen LogP contribution in [0.15, 0.2) is 48.5 Å². The molecule has 0 aromatic heterocycles. The van der Waals surface area contributed by atoms with Crippen LogP contribution < -0.4 is 15.0 Å². The number of ether oxygens (including phenoxy) is 1. The highest BCUT2D eigenvalue weighted by Crippen LogP contribution is 2.21. The molecule has 0 spiro atoms. The van der Waals surface area contributed by atoms with E-state index in [0.29, 0.717) is 17.3 Å². The first-order valence-electron chi connectivity index (χ1n) is 8.36. The fourth-order valence-corrected chi connectivity index (χ4v) is 2.64. The van der Waals surface area contributed by atoms with E-state index in [4.69, 9.17) is 16.3 Å². The van der Waals surface area contributed by atoms with Crippen LogP contribution in [0.25, 0.3) is 0 Å². The number of nitrogens with one attached hydrogen (secondary N) is 2. The Bertz CT molecular complexity index is 712. The van der Waals surface area contributed by atoms with Crippen LogP contribution >= 0.6 is 11.6 Å². The summed E-state index contributed by atoms with van der Waals surface area (Å²) in [6.45, 7) is 4.91. The van der Waals surface area contributed by atoms with Gasteiger partial charge in [-0.15, -0.1) is 0 Å². The predicted molar refractivity (Wildman–Crippen MR) is 101 cm³/mol. The van der Waals surface area contributed by atoms with Gasteiger partial charge in [-0.05, 0) is 43.7 Å². The number of hydrogen-bond acceptors (Lipinski definition) is 2. The number of halogens is 1. The van der Waals surface area contributed by atoms with Gasteiger partial charge in [0, 0.05) is 17.1 Å². The van der Waals surface area contributed by atoms with Gasteiger partial charge >= 0.3 is 0 Å². The first-order valence-corrected chi connectivity index (χ1v) is 8.74. The first kappa shape index (κ1) is 19.3. The molecule has 2 N–H and O–H groups in total. The third-order valence-electron chi connectivity index (χ3n) is 3.84. The van der Waals surface area contributed by atoms with Gasteiger partial charge < -0.3 is 15.0 Å². The van der Waals surface area contributed by atoms with Gasteiger partial charge in [0.2, 0.25) is 0 Å². The molecule has 0 aliphatic rings. The van der Waals surface area contributed by atoms with Crippen molar-refractivity contribution in [1.82, 2.24) is 5.32 Å². The highest BCUT2D eigenvalue weighted by molar-refractivity contribution is 6.30. The largest absolute Gasteiger partial charge is 0.478 e. The molecule has 0 saturated carbocycles. The van der Waals surface area contributed by atoms with Crippen LogP contribution in [-0.4, -0.2) is 25.6 Å². The van der Waals surface area contributed by atoms with Crippen LogP contribution in [0.1, 0.15) is 25.0 Å². The normalized spacial score (nSPS) is 11.4. The SMILES string of the molecule is C[NH+](C)Cc1ccccc1CNC(=O)C(C)(C)Oc1ccc(Cl)cc1. The maximum Gasteiger partial charge on any atom is 0.263 e. The molecule has 0 bridgehead atoms. The second kappa shape index (κ2) is 8.37. The van der Waals surface area contributed by atoms with E-state index >= 15 is 0 Å². The Hall–Kier alpha value is -2.04. The Labute approximate surface area is 154 Å². The van der Waals surface area contributed by atoms with E-state index in [1.165, 1.54) is 10.5 Å². The lowest BCUT2D eigenvalue weighted by molar-refractivity contribution is -0.872. The van der Waals surface area contributed by atoms with E-state index in [2.05, 4.69) is 25.5 Å². The van der Waals surface area contributed by atoms with Gasteiger partial charge in [-0.25, -0.2) is 0 Å². The van der Waals surface area contributed by atoms with Crippen molar-refractivity contribution in [3.05, 3.63) is 64.7 Å². The Balaban J connectivity index is 2.00. The quantitative estimate of drug-likeness (QED) is 0.795. The van der Waals surface area contributed by atoms with Crippen molar-refractivity contribution in [2.24, 2.45) is 0 Å². The van der Waals surface area contributed by atoms with Crippen molar-refractivity contribution >= 4 is 17.5 Å². The molecule has 4 nitrogen and oxygen atoms in total. The summed E-state index contributed by atoms with van der Waals surface area (Å²) in [6.07, 6.45) is 0. The van der Waals surface area contributed by atoms with E-state index in [1.807, 2.05) is 18.2 Å². The van der Waals surface area contributed by atoms with Crippen molar-refractivity contribution in [1.29, 1.82) is 0 Å². The van der Waals surface area contributed by atoms with Gasteiger partial charge in [0.05, 0.1) is 14.1 Å². The lowest BCUT2D eigenvalue weighted by atomic mass is 10.1. The number of carbonyl (C=O) groups excluding carboxylic acids is 1. The van der Waals surface area contributed by atoms with Gasteiger partial charge in [-0.1, -0.05) is 35.9 Å². The number of hydrogen-bond donors (Lipinski definition) is 2. The zero-order valence-electron chi connectivity index (χ0n) is 15.2. The first-order chi connectivity index (χ1) is 11.8. The number of amides is 1. The summed E-state index contributed by atoms with van der Waals surface area (Å²) in [5.74, 6) is 0.454. The zero-order chi connectivity index (χ0) is 18.4. The molecule has 2 aromatic rings. The molecule has 0 saturated heterocycles. The maximum absolute atomic E-state index is 12.6. The van der Waals surface area contributed by atoms with Crippen LogP contribution in [-0.2, 0) is 17.9 Å². The summed E-state index contributed by atoms with van der Waals surface area (Å²) in [5, 5.41) is 3.62. The van der Waals surface area contributed by atoms with Gasteiger partial charge in [-0.2, -0.15) is 0 Å². The van der Waals surface area contributed by atoms with E-state index in [9.17, 15) is 4.79 Å². The van der Waals surface area contributed by atoms with Gasteiger partial charge in [0.15, 0.2) is 5.60 Å². The molecule has 0 aliphatic carbocycles. The molecular formula is C20H26ClN2O2+. The molecule has 134 valence electrons. The minimum absolute atomic E-state index is 0.158. The lowest BCUT2D eigenvalue weighted by Crippen LogP contribution is -3.04. The predicted octanol–water partition coefficient (Wildman–Crippen LogP) is 2.46. The maximum atomic E-state index is 12.6. The number of carbonyl (C=O) groups is 1. The lowest BCUT2D eigenvalue weighted by Gasteiger charge is -2.25. The molecule has 2 rings (SSSR count). The second-order valence-corrected chi connectivity index (χ2v) is 7.34. The Morgan fingerprint density at radius 3 is 2.28 bits per heavy atom. The fourth-order valence-electron chi connectivity index (χ4n) is 2.52. The van der Waals surface area contributed by atoms with Gasteiger partial charge in [-0.3, -0.25) is 4.79 Å². The molecule has 2 aromatic carbocycles. The molecule has 0 unspecified atom stereocenters. The van der Waals surface area contributed by atoms with Crippen LogP contribution in [0, 0.1) is 0 Å². The van der Waals surface area contributed by atoms with Crippen LogP contribution in [0.5, 0.6) is 5.75 Å². The third-order valence-corrected chi connectivity index (χ3v) is 4.09. The fraction of sp³-hybridized carbons (Fsp3) is 0.350. The Kier molecular flexibility index (Phi) is 6.45. The minimum Gasteiger partial charge on any atom is -0.478 e. The average molecular weight is 362 g/mol. The molecule has 0 fully saturated rings. The van der Waals surface area contributed by atoms with Crippen molar-refractivity contribution in [2.75, 3.05) is 14.1 Å². The second-order valence-electron chi connectivity index (χ2n) is 6.90. The summed E-state index contributed by atoms with van der Waals surface area (Å²) < 4.78 is 5.83. The summed E-state index contributed by atoms with van der Waals surface area (Å²) >= 11 is 5.88. The average Bonchev–Trinajstić information content (AvgIpc) is 2.55. The van der Waals surface area contributed by atoms with Crippen molar-refractivity contribution in [2.45, 2.75) is 32.5 Å². The summed E-state index contributed by atoms with van der Waals surface area (Å²) in [7, 11) is 4.22. The molecule has 0 aliphatic heterocycles. The van der Waals surface area contributed by atoms with Crippen molar-refractivity contribution < 1.29 is 14.4 Å². The van der Waals surface area contributed by atoms with E-state index in [-0.39, 0.29) is 5.91 Å². The summed E-state index contributed by atoms with van der Waals surface area (Å²) in [5.41, 5.74) is 1.38. The molecule has 25 heavy (non-hydrogen) atoms. The number of rotatable bonds is 7. The molecular weight excluding hydrogens is 336 g/mol. The van der Waals surface area contributed by atoms with E-state index in [0.717, 1.165) is 12.1 Å². The van der Waals surface area contributed by atoms with Crippen molar-refractivity contribution in [3.8, 4) is 5.75 Å². The molecule has 0 radical (unpaired) electrons. The van der Waals surface area contributed by atoms with Gasteiger partial charge in [0.1, 0.15) is 12.3 Å². The Morgan fingerprint density at radius 1 is 1.08 bits per heavy atom. The van der Waals surface area contributed by atoms with E-state index < -0.39 is 5.60 Å². The summed E-state index contributed by atoms with van der Waals surface area (Å²) in [4.78, 5) is 13.9. The van der Waals surface area contributed by atoms with Crippen LogP contribution in [0.3, 0.4) is 0 Å². The van der Waals surface area contributed by atoms with Crippen LogP contribution in [0.2, 0.25) is 5.02 Å². The highest BCUT2D eigenvalue weighted by atomic mass is 35.5.